The minimum atomic E-state index is -0.244. The van der Waals surface area contributed by atoms with Crippen LogP contribution >= 0.6 is 0 Å². The average molecular weight is 384 g/mol. The van der Waals surface area contributed by atoms with E-state index in [0.717, 1.165) is 17.6 Å². The molecule has 2 aromatic heterocycles. The van der Waals surface area contributed by atoms with Gasteiger partial charge in [-0.15, -0.1) is 0 Å². The van der Waals surface area contributed by atoms with E-state index in [1.807, 2.05) is 38.4 Å². The topological polar surface area (TPSA) is 87.9 Å². The van der Waals surface area contributed by atoms with Crippen LogP contribution < -0.4 is 16.6 Å². The molecule has 2 heterocycles. The number of nitrogens with one attached hydrogen (secondary N) is 2. The van der Waals surface area contributed by atoms with Crippen molar-refractivity contribution in [3.63, 3.8) is 0 Å². The smallest absolute Gasteiger partial charge is 0.329 e. The van der Waals surface area contributed by atoms with Gasteiger partial charge in [0.05, 0.1) is 23.3 Å². The summed E-state index contributed by atoms with van der Waals surface area (Å²) in [5.74, 6) is 0.419. The Morgan fingerprint density at radius 2 is 1.86 bits per heavy atom. The number of H-pyrrole nitrogens is 1. The molecule has 1 aromatic carbocycles. The molecule has 8 nitrogen and oxygen atoms in total. The van der Waals surface area contributed by atoms with E-state index < -0.39 is 0 Å². The second-order valence-electron chi connectivity index (χ2n) is 8.26. The van der Waals surface area contributed by atoms with Crippen LogP contribution in [0.4, 0.5) is 5.95 Å². The third-order valence-corrected chi connectivity index (χ3v) is 4.65. The van der Waals surface area contributed by atoms with Crippen LogP contribution in [0, 0.1) is 5.41 Å². The van der Waals surface area contributed by atoms with Crippen LogP contribution in [0.25, 0.3) is 11.0 Å². The molecule has 0 aliphatic heterocycles. The number of aromatic amines is 1. The van der Waals surface area contributed by atoms with E-state index in [0.29, 0.717) is 18.2 Å². The molecule has 3 rings (SSSR count). The van der Waals surface area contributed by atoms with Gasteiger partial charge < -0.3 is 10.2 Å². The van der Waals surface area contributed by atoms with Crippen LogP contribution in [-0.2, 0) is 13.6 Å². The summed E-state index contributed by atoms with van der Waals surface area (Å²) in [6, 6.07) is 9.02. The second-order valence-corrected chi connectivity index (χ2v) is 8.26. The number of nitrogens with zero attached hydrogens (tertiary/aromatic N) is 4. The lowest BCUT2D eigenvalue weighted by Gasteiger charge is -2.28. The molecule has 28 heavy (non-hydrogen) atoms. The standard InChI is InChI=1S/C20H28N6O2/c1-20(2,13-24(3)4)12-21-18-22-14(10-17(27)23-18)11-26-16-9-7-6-8-15(16)25(5)19(26)28/h6-10H,11-13H2,1-5H3,(H2,21,22,23,27). The van der Waals surface area contributed by atoms with E-state index in [-0.39, 0.29) is 23.2 Å². The van der Waals surface area contributed by atoms with E-state index in [9.17, 15) is 9.59 Å². The van der Waals surface area contributed by atoms with Gasteiger partial charge in [-0.3, -0.25) is 18.9 Å². The fraction of sp³-hybridized carbons (Fsp3) is 0.450. The van der Waals surface area contributed by atoms with Crippen LogP contribution in [0.15, 0.2) is 39.9 Å². The summed E-state index contributed by atoms with van der Waals surface area (Å²) in [4.78, 5) is 34.1. The molecule has 0 aliphatic rings. The summed E-state index contributed by atoms with van der Waals surface area (Å²) in [5, 5.41) is 3.23. The molecule has 0 saturated carbocycles. The van der Waals surface area contributed by atoms with Gasteiger partial charge in [-0.05, 0) is 31.6 Å². The first kappa shape index (κ1) is 19.9. The van der Waals surface area contributed by atoms with Gasteiger partial charge in [0.1, 0.15) is 0 Å². The minimum Gasteiger partial charge on any atom is -0.355 e. The van der Waals surface area contributed by atoms with Gasteiger partial charge in [-0.1, -0.05) is 26.0 Å². The van der Waals surface area contributed by atoms with Crippen LogP contribution in [-0.4, -0.2) is 51.2 Å². The molecule has 0 spiro atoms. The van der Waals surface area contributed by atoms with Crippen molar-refractivity contribution >= 4 is 17.0 Å². The first-order valence-corrected chi connectivity index (χ1v) is 9.29. The monoisotopic (exact) mass is 384 g/mol. The highest BCUT2D eigenvalue weighted by Gasteiger charge is 2.19. The molecule has 0 bridgehead atoms. The van der Waals surface area contributed by atoms with Crippen LogP contribution in [0.5, 0.6) is 0 Å². The zero-order chi connectivity index (χ0) is 20.5. The molecule has 0 unspecified atom stereocenters. The molecule has 0 amide bonds. The summed E-state index contributed by atoms with van der Waals surface area (Å²) < 4.78 is 3.24. The van der Waals surface area contributed by atoms with Crippen molar-refractivity contribution in [2.75, 3.05) is 32.5 Å². The van der Waals surface area contributed by atoms with E-state index in [1.54, 1.807) is 16.2 Å². The molecule has 0 saturated heterocycles. The Kier molecular flexibility index (Phi) is 5.42. The zero-order valence-electron chi connectivity index (χ0n) is 17.1. The quantitative estimate of drug-likeness (QED) is 0.644. The number of aryl methyl sites for hydroxylation is 1. The van der Waals surface area contributed by atoms with Crippen molar-refractivity contribution < 1.29 is 0 Å². The van der Waals surface area contributed by atoms with Crippen LogP contribution in [0.3, 0.4) is 0 Å². The summed E-state index contributed by atoms with van der Waals surface area (Å²) in [7, 11) is 5.81. The predicted molar refractivity (Wildman–Crippen MR) is 112 cm³/mol. The fourth-order valence-corrected chi connectivity index (χ4v) is 3.59. The molecule has 0 aliphatic carbocycles. The number of rotatable bonds is 7. The van der Waals surface area contributed by atoms with Crippen molar-refractivity contribution in [1.82, 2.24) is 24.0 Å². The molecule has 150 valence electrons. The summed E-state index contributed by atoms with van der Waals surface area (Å²) >= 11 is 0. The highest BCUT2D eigenvalue weighted by molar-refractivity contribution is 5.75. The number of para-hydroxylation sites is 2. The largest absolute Gasteiger partial charge is 0.355 e. The third-order valence-electron chi connectivity index (χ3n) is 4.65. The number of aromatic nitrogens is 4. The van der Waals surface area contributed by atoms with E-state index in [4.69, 9.17) is 0 Å². The van der Waals surface area contributed by atoms with Gasteiger partial charge in [0.2, 0.25) is 5.95 Å². The van der Waals surface area contributed by atoms with Gasteiger partial charge >= 0.3 is 5.69 Å². The highest BCUT2D eigenvalue weighted by Crippen LogP contribution is 2.16. The summed E-state index contributed by atoms with van der Waals surface area (Å²) in [6.45, 7) is 6.09. The molecule has 8 heteroatoms. The van der Waals surface area contributed by atoms with Gasteiger partial charge in [-0.25, -0.2) is 9.78 Å². The van der Waals surface area contributed by atoms with E-state index in [2.05, 4.69) is 34.0 Å². The third kappa shape index (κ3) is 4.33. The van der Waals surface area contributed by atoms with Crippen molar-refractivity contribution in [3.05, 3.63) is 56.9 Å². The minimum absolute atomic E-state index is 0.00461. The van der Waals surface area contributed by atoms with Crippen LogP contribution in [0.2, 0.25) is 0 Å². The van der Waals surface area contributed by atoms with Crippen molar-refractivity contribution in [2.24, 2.45) is 12.5 Å². The molecule has 0 atom stereocenters. The molecule has 0 radical (unpaired) electrons. The Balaban J connectivity index is 1.86. The second kappa shape index (κ2) is 7.63. The predicted octanol–water partition coefficient (Wildman–Crippen LogP) is 1.47. The number of benzene rings is 1. The first-order chi connectivity index (χ1) is 13.2. The van der Waals surface area contributed by atoms with Gasteiger partial charge in [0.25, 0.3) is 5.56 Å². The number of hydrogen-bond acceptors (Lipinski definition) is 5. The molecule has 3 aromatic rings. The number of anilines is 1. The Labute approximate surface area is 163 Å². The molecule has 0 fully saturated rings. The fourth-order valence-electron chi connectivity index (χ4n) is 3.59. The SMILES string of the molecule is CN(C)CC(C)(C)CNc1nc(Cn2c(=O)n(C)c3ccccc32)cc(=O)[nH]1. The van der Waals surface area contributed by atoms with Gasteiger partial charge in [0.15, 0.2) is 0 Å². The van der Waals surface area contributed by atoms with Crippen molar-refractivity contribution in [1.29, 1.82) is 0 Å². The zero-order valence-corrected chi connectivity index (χ0v) is 17.1. The maximum atomic E-state index is 12.6. The van der Waals surface area contributed by atoms with Gasteiger partial charge in [-0.2, -0.15) is 0 Å². The Bertz CT molecular complexity index is 1090. The molecular weight excluding hydrogens is 356 g/mol. The summed E-state index contributed by atoms with van der Waals surface area (Å²) in [5.41, 5.74) is 1.83. The molecule has 2 N–H and O–H groups in total. The lowest BCUT2D eigenvalue weighted by atomic mass is 9.93. The van der Waals surface area contributed by atoms with Gasteiger partial charge in [0, 0.05) is 26.2 Å². The number of fused-ring (bicyclic) bond motifs is 1. The Morgan fingerprint density at radius 1 is 1.18 bits per heavy atom. The number of imidazole rings is 1. The number of hydrogen-bond donors (Lipinski definition) is 2. The Hall–Kier alpha value is -2.87. The maximum Gasteiger partial charge on any atom is 0.329 e. The Morgan fingerprint density at radius 3 is 2.54 bits per heavy atom. The normalized spacial score (nSPS) is 12.1. The summed E-state index contributed by atoms with van der Waals surface area (Å²) in [6.07, 6.45) is 0. The van der Waals surface area contributed by atoms with Crippen molar-refractivity contribution in [3.8, 4) is 0 Å². The molecular formula is C20H28N6O2. The maximum absolute atomic E-state index is 12.6. The van der Waals surface area contributed by atoms with Crippen molar-refractivity contribution in [2.45, 2.75) is 20.4 Å². The first-order valence-electron chi connectivity index (χ1n) is 9.29. The van der Waals surface area contributed by atoms with E-state index in [1.165, 1.54) is 6.07 Å². The van der Waals surface area contributed by atoms with Crippen LogP contribution in [0.1, 0.15) is 19.5 Å². The van der Waals surface area contributed by atoms with E-state index >= 15 is 0 Å². The average Bonchev–Trinajstić information content (AvgIpc) is 2.84. The lowest BCUT2D eigenvalue weighted by molar-refractivity contribution is 0.254. The lowest BCUT2D eigenvalue weighted by Crippen LogP contribution is -2.35. The highest BCUT2D eigenvalue weighted by atomic mass is 16.1.